The van der Waals surface area contributed by atoms with Crippen LogP contribution in [0.15, 0.2) is 24.3 Å². The predicted octanol–water partition coefficient (Wildman–Crippen LogP) is 1.17. The summed E-state index contributed by atoms with van der Waals surface area (Å²) < 4.78 is 5.57. The fourth-order valence-corrected chi connectivity index (χ4v) is 2.98. The molecule has 0 bridgehead atoms. The summed E-state index contributed by atoms with van der Waals surface area (Å²) in [6.07, 6.45) is 0. The molecule has 2 aliphatic rings. The van der Waals surface area contributed by atoms with Crippen LogP contribution in [-0.2, 0) is 6.54 Å². The third kappa shape index (κ3) is 3.32. The fourth-order valence-electron chi connectivity index (χ4n) is 2.98. The Morgan fingerprint density at radius 2 is 2.00 bits per heavy atom. The number of rotatable bonds is 5. The lowest BCUT2D eigenvalue weighted by molar-refractivity contribution is 0.0695. The highest BCUT2D eigenvalue weighted by Crippen LogP contribution is 2.16. The van der Waals surface area contributed by atoms with Crippen molar-refractivity contribution in [1.82, 2.24) is 15.1 Å². The van der Waals surface area contributed by atoms with Crippen molar-refractivity contribution in [3.05, 3.63) is 29.8 Å². The van der Waals surface area contributed by atoms with E-state index < -0.39 is 0 Å². The van der Waals surface area contributed by atoms with Crippen LogP contribution >= 0.6 is 0 Å². The van der Waals surface area contributed by atoms with Gasteiger partial charge in [0, 0.05) is 51.9 Å². The molecule has 1 aromatic carbocycles. The van der Waals surface area contributed by atoms with Crippen molar-refractivity contribution in [3.63, 3.8) is 0 Å². The molecular weight excluding hydrogens is 250 g/mol. The lowest BCUT2D eigenvalue weighted by atomic mass is 10.1. The molecular formula is C16H25N3O. The van der Waals surface area contributed by atoms with Crippen molar-refractivity contribution in [1.29, 1.82) is 0 Å². The van der Waals surface area contributed by atoms with Gasteiger partial charge in [-0.1, -0.05) is 12.1 Å². The summed E-state index contributed by atoms with van der Waals surface area (Å²) in [7, 11) is 0. The van der Waals surface area contributed by atoms with E-state index in [0.29, 0.717) is 0 Å². The summed E-state index contributed by atoms with van der Waals surface area (Å²) in [4.78, 5) is 5.18. The normalized spacial score (nSPS) is 21.6. The molecule has 0 aliphatic carbocycles. The van der Waals surface area contributed by atoms with Crippen molar-refractivity contribution in [3.8, 4) is 5.75 Å². The topological polar surface area (TPSA) is 27.7 Å². The number of benzene rings is 1. The Morgan fingerprint density at radius 3 is 2.65 bits per heavy atom. The third-order valence-corrected chi connectivity index (χ3v) is 4.30. The van der Waals surface area contributed by atoms with Gasteiger partial charge in [-0.15, -0.1) is 0 Å². The van der Waals surface area contributed by atoms with Crippen molar-refractivity contribution >= 4 is 0 Å². The molecule has 20 heavy (non-hydrogen) atoms. The zero-order chi connectivity index (χ0) is 13.8. The first-order valence-electron chi connectivity index (χ1n) is 7.74. The highest BCUT2D eigenvalue weighted by atomic mass is 16.5. The predicted molar refractivity (Wildman–Crippen MR) is 81.1 cm³/mol. The molecule has 0 unspecified atom stereocenters. The molecule has 2 fully saturated rings. The minimum Gasteiger partial charge on any atom is -0.494 e. The van der Waals surface area contributed by atoms with E-state index in [2.05, 4.69) is 33.3 Å². The molecule has 110 valence electrons. The summed E-state index contributed by atoms with van der Waals surface area (Å²) in [6.45, 7) is 10.9. The zero-order valence-corrected chi connectivity index (χ0v) is 12.3. The Bertz CT molecular complexity index is 425. The van der Waals surface area contributed by atoms with Gasteiger partial charge in [0.2, 0.25) is 0 Å². The molecule has 1 N–H and O–H groups in total. The molecule has 0 amide bonds. The molecule has 2 saturated heterocycles. The van der Waals surface area contributed by atoms with E-state index in [9.17, 15) is 0 Å². The first-order chi connectivity index (χ1) is 9.85. The van der Waals surface area contributed by atoms with Gasteiger partial charge in [0.15, 0.2) is 0 Å². The Balaban J connectivity index is 1.50. The van der Waals surface area contributed by atoms with E-state index in [1.54, 1.807) is 0 Å². The van der Waals surface area contributed by atoms with Gasteiger partial charge in [0.1, 0.15) is 5.75 Å². The zero-order valence-electron chi connectivity index (χ0n) is 12.3. The first kappa shape index (κ1) is 13.9. The average Bonchev–Trinajstić information content (AvgIpc) is 2.40. The molecule has 0 atom stereocenters. The van der Waals surface area contributed by atoms with Gasteiger partial charge in [-0.3, -0.25) is 9.80 Å². The maximum absolute atomic E-state index is 5.57. The molecule has 1 aromatic rings. The van der Waals surface area contributed by atoms with E-state index in [-0.39, 0.29) is 0 Å². The van der Waals surface area contributed by atoms with Crippen LogP contribution in [0.5, 0.6) is 5.75 Å². The molecule has 2 heterocycles. The summed E-state index contributed by atoms with van der Waals surface area (Å²) >= 11 is 0. The third-order valence-electron chi connectivity index (χ3n) is 4.30. The quantitative estimate of drug-likeness (QED) is 0.873. The number of ether oxygens (including phenoxy) is 1. The number of nitrogens with one attached hydrogen (secondary N) is 1. The monoisotopic (exact) mass is 275 g/mol. The van der Waals surface area contributed by atoms with Gasteiger partial charge >= 0.3 is 0 Å². The van der Waals surface area contributed by atoms with Crippen LogP contribution in [0.2, 0.25) is 0 Å². The number of hydrogen-bond acceptors (Lipinski definition) is 4. The Morgan fingerprint density at radius 1 is 1.20 bits per heavy atom. The molecule has 0 aromatic heterocycles. The highest BCUT2D eigenvalue weighted by Gasteiger charge is 2.27. The molecule has 4 nitrogen and oxygen atoms in total. The minimum atomic E-state index is 0.734. The smallest absolute Gasteiger partial charge is 0.119 e. The van der Waals surface area contributed by atoms with Crippen LogP contribution in [0.25, 0.3) is 0 Å². The summed E-state index contributed by atoms with van der Waals surface area (Å²) in [5.41, 5.74) is 1.36. The maximum Gasteiger partial charge on any atom is 0.119 e. The summed E-state index contributed by atoms with van der Waals surface area (Å²) in [5, 5.41) is 3.36. The van der Waals surface area contributed by atoms with Crippen LogP contribution in [0.4, 0.5) is 0 Å². The van der Waals surface area contributed by atoms with Crippen LogP contribution in [0.1, 0.15) is 12.5 Å². The second-order valence-electron chi connectivity index (χ2n) is 5.70. The van der Waals surface area contributed by atoms with E-state index in [1.165, 1.54) is 44.8 Å². The van der Waals surface area contributed by atoms with Gasteiger partial charge in [-0.05, 0) is 24.6 Å². The van der Waals surface area contributed by atoms with E-state index in [1.807, 2.05) is 13.0 Å². The van der Waals surface area contributed by atoms with Crippen LogP contribution < -0.4 is 10.1 Å². The van der Waals surface area contributed by atoms with Gasteiger partial charge in [-0.25, -0.2) is 0 Å². The van der Waals surface area contributed by atoms with Crippen molar-refractivity contribution in [2.45, 2.75) is 19.5 Å². The van der Waals surface area contributed by atoms with E-state index >= 15 is 0 Å². The number of nitrogens with zero attached hydrogens (tertiary/aromatic N) is 2. The van der Waals surface area contributed by atoms with Crippen molar-refractivity contribution in [2.24, 2.45) is 0 Å². The molecule has 0 saturated carbocycles. The molecule has 0 radical (unpaired) electrons. The lowest BCUT2D eigenvalue weighted by Gasteiger charge is -2.43. The van der Waals surface area contributed by atoms with E-state index in [0.717, 1.165) is 24.9 Å². The van der Waals surface area contributed by atoms with Crippen molar-refractivity contribution < 1.29 is 4.74 Å². The summed E-state index contributed by atoms with van der Waals surface area (Å²) in [5.74, 6) is 0.990. The largest absolute Gasteiger partial charge is 0.494 e. The summed E-state index contributed by atoms with van der Waals surface area (Å²) in [6, 6.07) is 9.29. The van der Waals surface area contributed by atoms with Gasteiger partial charge in [0.25, 0.3) is 0 Å². The van der Waals surface area contributed by atoms with E-state index in [4.69, 9.17) is 4.74 Å². The fraction of sp³-hybridized carbons (Fsp3) is 0.625. The van der Waals surface area contributed by atoms with Crippen molar-refractivity contribution in [2.75, 3.05) is 45.9 Å². The molecule has 0 spiro atoms. The SMILES string of the molecule is CCOc1cccc(CN2CCN(C3CNC3)CC2)c1. The maximum atomic E-state index is 5.57. The molecule has 2 aliphatic heterocycles. The van der Waals surface area contributed by atoms with Crippen LogP contribution in [0.3, 0.4) is 0 Å². The average molecular weight is 275 g/mol. The standard InChI is InChI=1S/C16H25N3O/c1-2-20-16-5-3-4-14(10-16)13-18-6-8-19(9-7-18)15-11-17-12-15/h3-5,10,15,17H,2,6-9,11-13H2,1H3. The molecule has 3 rings (SSSR count). The Labute approximate surface area is 121 Å². The Kier molecular flexibility index (Phi) is 4.55. The highest BCUT2D eigenvalue weighted by molar-refractivity contribution is 5.28. The first-order valence-corrected chi connectivity index (χ1v) is 7.74. The second-order valence-corrected chi connectivity index (χ2v) is 5.70. The van der Waals surface area contributed by atoms with Crippen LogP contribution in [0, 0.1) is 0 Å². The minimum absolute atomic E-state index is 0.734. The second kappa shape index (κ2) is 6.57. The Hall–Kier alpha value is -1.10. The number of hydrogen-bond donors (Lipinski definition) is 1. The van der Waals surface area contributed by atoms with Crippen LogP contribution in [-0.4, -0.2) is 61.7 Å². The van der Waals surface area contributed by atoms with Gasteiger partial charge in [0.05, 0.1) is 6.61 Å². The molecule has 4 heteroatoms. The number of piperazine rings is 1. The van der Waals surface area contributed by atoms with Gasteiger partial charge < -0.3 is 10.1 Å². The van der Waals surface area contributed by atoms with Gasteiger partial charge in [-0.2, -0.15) is 0 Å². The lowest BCUT2D eigenvalue weighted by Crippen LogP contribution is -2.61.